The molecule has 0 aromatic heterocycles. The maximum absolute atomic E-state index is 5.53. The maximum atomic E-state index is 5.53. The number of halogens is 1. The summed E-state index contributed by atoms with van der Waals surface area (Å²) in [5.41, 5.74) is 1.03. The molecular formula is C16H22BrNO3. The van der Waals surface area contributed by atoms with Crippen molar-refractivity contribution in [2.24, 2.45) is 0 Å². The molecule has 4 nitrogen and oxygen atoms in total. The number of hydrogen-bond donors (Lipinski definition) is 1. The first kappa shape index (κ1) is 18.0. The monoisotopic (exact) mass is 355 g/mol. The fourth-order valence-electron chi connectivity index (χ4n) is 1.81. The Bertz CT molecular complexity index is 453. The zero-order chi connectivity index (χ0) is 15.5. The van der Waals surface area contributed by atoms with E-state index in [2.05, 4.69) is 27.2 Å². The van der Waals surface area contributed by atoms with Crippen LogP contribution in [-0.2, 0) is 16.0 Å². The SMILES string of the molecule is C#CCOc1ccc(Br)cc1CNCC(OCC)OCC. The van der Waals surface area contributed by atoms with Crippen LogP contribution in [0.4, 0.5) is 0 Å². The summed E-state index contributed by atoms with van der Waals surface area (Å²) < 4.78 is 17.5. The largest absolute Gasteiger partial charge is 0.481 e. The van der Waals surface area contributed by atoms with Gasteiger partial charge >= 0.3 is 0 Å². The minimum absolute atomic E-state index is 0.234. The van der Waals surface area contributed by atoms with Crippen molar-refractivity contribution in [3.05, 3.63) is 28.2 Å². The third kappa shape index (κ3) is 6.96. The van der Waals surface area contributed by atoms with E-state index in [0.29, 0.717) is 26.3 Å². The lowest BCUT2D eigenvalue weighted by atomic mass is 10.2. The molecule has 0 saturated heterocycles. The minimum atomic E-state index is -0.234. The molecule has 1 rings (SSSR count). The molecule has 21 heavy (non-hydrogen) atoms. The minimum Gasteiger partial charge on any atom is -0.481 e. The average Bonchev–Trinajstić information content (AvgIpc) is 2.47. The normalized spacial score (nSPS) is 10.6. The molecule has 1 aromatic rings. The van der Waals surface area contributed by atoms with Gasteiger partial charge in [-0.3, -0.25) is 0 Å². The van der Waals surface area contributed by atoms with Crippen LogP contribution in [0.5, 0.6) is 5.75 Å². The van der Waals surface area contributed by atoms with Gasteiger partial charge in [0.25, 0.3) is 0 Å². The van der Waals surface area contributed by atoms with E-state index in [9.17, 15) is 0 Å². The number of benzene rings is 1. The van der Waals surface area contributed by atoms with Crippen LogP contribution in [-0.4, -0.2) is 32.7 Å². The first-order chi connectivity index (χ1) is 10.2. The van der Waals surface area contributed by atoms with Crippen LogP contribution in [0.15, 0.2) is 22.7 Å². The molecule has 0 aliphatic carbocycles. The van der Waals surface area contributed by atoms with Crippen LogP contribution in [0.3, 0.4) is 0 Å². The van der Waals surface area contributed by atoms with E-state index in [4.69, 9.17) is 20.6 Å². The smallest absolute Gasteiger partial charge is 0.169 e. The van der Waals surface area contributed by atoms with Crippen LogP contribution in [0, 0.1) is 12.3 Å². The quantitative estimate of drug-likeness (QED) is 0.517. The predicted octanol–water partition coefficient (Wildman–Crippen LogP) is 2.95. The molecular weight excluding hydrogens is 334 g/mol. The van der Waals surface area contributed by atoms with Crippen LogP contribution >= 0.6 is 15.9 Å². The van der Waals surface area contributed by atoms with Gasteiger partial charge in [0, 0.05) is 36.3 Å². The molecule has 0 radical (unpaired) electrons. The summed E-state index contributed by atoms with van der Waals surface area (Å²) >= 11 is 3.46. The first-order valence-electron chi connectivity index (χ1n) is 6.99. The standard InChI is InChI=1S/C16H22BrNO3/c1-4-9-21-15-8-7-14(17)10-13(15)11-18-12-16(19-5-2)20-6-3/h1,7-8,10,16,18H,5-6,9,11-12H2,2-3H3. The second kappa shape index (κ2) is 10.6. The predicted molar refractivity (Wildman–Crippen MR) is 87.2 cm³/mol. The van der Waals surface area contributed by atoms with E-state index in [0.717, 1.165) is 15.8 Å². The lowest BCUT2D eigenvalue weighted by Crippen LogP contribution is -2.31. The van der Waals surface area contributed by atoms with Crippen LogP contribution in [0.2, 0.25) is 0 Å². The molecule has 0 amide bonds. The maximum Gasteiger partial charge on any atom is 0.169 e. The highest BCUT2D eigenvalue weighted by Crippen LogP contribution is 2.23. The molecule has 5 heteroatoms. The molecule has 0 spiro atoms. The number of rotatable bonds is 10. The zero-order valence-electron chi connectivity index (χ0n) is 12.5. The second-order valence-electron chi connectivity index (χ2n) is 4.22. The summed E-state index contributed by atoms with van der Waals surface area (Å²) in [5.74, 6) is 3.26. The van der Waals surface area contributed by atoms with E-state index < -0.39 is 0 Å². The van der Waals surface area contributed by atoms with Gasteiger partial charge in [0.05, 0.1) is 0 Å². The highest BCUT2D eigenvalue weighted by atomic mass is 79.9. The summed E-state index contributed by atoms with van der Waals surface area (Å²) in [6, 6.07) is 5.84. The lowest BCUT2D eigenvalue weighted by Gasteiger charge is -2.18. The van der Waals surface area contributed by atoms with E-state index in [-0.39, 0.29) is 12.9 Å². The fraction of sp³-hybridized carbons (Fsp3) is 0.500. The van der Waals surface area contributed by atoms with Gasteiger partial charge in [-0.1, -0.05) is 21.9 Å². The number of terminal acetylenes is 1. The van der Waals surface area contributed by atoms with Gasteiger partial charge in [-0.15, -0.1) is 6.42 Å². The molecule has 116 valence electrons. The van der Waals surface area contributed by atoms with Crippen molar-refractivity contribution >= 4 is 15.9 Å². The Kier molecular flexibility index (Phi) is 9.11. The molecule has 0 unspecified atom stereocenters. The molecule has 0 bridgehead atoms. The molecule has 0 aliphatic rings. The fourth-order valence-corrected chi connectivity index (χ4v) is 2.22. The number of hydrogen-bond acceptors (Lipinski definition) is 4. The Hall–Kier alpha value is -1.06. The molecule has 0 aliphatic heterocycles. The summed E-state index contributed by atoms with van der Waals surface area (Å²) in [6.45, 7) is 6.67. The molecule has 0 atom stereocenters. The average molecular weight is 356 g/mol. The third-order valence-corrected chi connectivity index (χ3v) is 3.16. The van der Waals surface area contributed by atoms with Crippen molar-refractivity contribution < 1.29 is 14.2 Å². The molecule has 1 N–H and O–H groups in total. The second-order valence-corrected chi connectivity index (χ2v) is 5.13. The van der Waals surface area contributed by atoms with Crippen LogP contribution < -0.4 is 10.1 Å². The van der Waals surface area contributed by atoms with E-state index in [1.165, 1.54) is 0 Å². The summed E-state index contributed by atoms with van der Waals surface area (Å²) in [4.78, 5) is 0. The molecule has 0 heterocycles. The summed E-state index contributed by atoms with van der Waals surface area (Å²) in [5, 5.41) is 3.31. The summed E-state index contributed by atoms with van der Waals surface area (Å²) in [6.07, 6.45) is 5.00. The van der Waals surface area contributed by atoms with Crippen molar-refractivity contribution in [3.63, 3.8) is 0 Å². The first-order valence-corrected chi connectivity index (χ1v) is 7.79. The van der Waals surface area contributed by atoms with Crippen molar-refractivity contribution in [1.29, 1.82) is 0 Å². The van der Waals surface area contributed by atoms with Crippen LogP contribution in [0.25, 0.3) is 0 Å². The van der Waals surface area contributed by atoms with E-state index >= 15 is 0 Å². The van der Waals surface area contributed by atoms with Crippen LogP contribution in [0.1, 0.15) is 19.4 Å². The van der Waals surface area contributed by atoms with Gasteiger partial charge in [-0.25, -0.2) is 0 Å². The lowest BCUT2D eigenvalue weighted by molar-refractivity contribution is -0.133. The Morgan fingerprint density at radius 3 is 2.62 bits per heavy atom. The molecule has 0 saturated carbocycles. The van der Waals surface area contributed by atoms with Crippen molar-refractivity contribution in [1.82, 2.24) is 5.32 Å². The van der Waals surface area contributed by atoms with Gasteiger partial charge in [0.1, 0.15) is 12.4 Å². The number of ether oxygens (including phenoxy) is 3. The topological polar surface area (TPSA) is 39.7 Å². The van der Waals surface area contributed by atoms with Gasteiger partial charge in [-0.2, -0.15) is 0 Å². The van der Waals surface area contributed by atoms with Gasteiger partial charge in [0.15, 0.2) is 6.29 Å². The highest BCUT2D eigenvalue weighted by Gasteiger charge is 2.09. The summed E-state index contributed by atoms with van der Waals surface area (Å²) in [7, 11) is 0. The van der Waals surface area contributed by atoms with Crippen molar-refractivity contribution in [2.75, 3.05) is 26.4 Å². The van der Waals surface area contributed by atoms with Gasteiger partial charge in [0.2, 0.25) is 0 Å². The zero-order valence-corrected chi connectivity index (χ0v) is 14.1. The third-order valence-electron chi connectivity index (χ3n) is 2.67. The Morgan fingerprint density at radius 2 is 2.00 bits per heavy atom. The Balaban J connectivity index is 2.56. The molecule has 0 fully saturated rings. The van der Waals surface area contributed by atoms with Gasteiger partial charge in [-0.05, 0) is 32.0 Å². The van der Waals surface area contributed by atoms with E-state index in [1.807, 2.05) is 32.0 Å². The number of nitrogens with one attached hydrogen (secondary N) is 1. The highest BCUT2D eigenvalue weighted by molar-refractivity contribution is 9.10. The van der Waals surface area contributed by atoms with E-state index in [1.54, 1.807) is 0 Å². The molecule has 1 aromatic carbocycles. The van der Waals surface area contributed by atoms with Crippen molar-refractivity contribution in [2.45, 2.75) is 26.7 Å². The Labute approximate surface area is 135 Å². The Morgan fingerprint density at radius 1 is 1.29 bits per heavy atom. The van der Waals surface area contributed by atoms with Crippen molar-refractivity contribution in [3.8, 4) is 18.1 Å². The van der Waals surface area contributed by atoms with Gasteiger partial charge < -0.3 is 19.5 Å².